The highest BCUT2D eigenvalue weighted by molar-refractivity contribution is 5.95. The van der Waals surface area contributed by atoms with E-state index in [0.717, 1.165) is 16.3 Å². The molecule has 5 nitrogen and oxygen atoms in total. The number of rotatable bonds is 4. The van der Waals surface area contributed by atoms with Gasteiger partial charge in [-0.3, -0.25) is 9.48 Å². The van der Waals surface area contributed by atoms with Crippen molar-refractivity contribution >= 4 is 16.7 Å². The lowest BCUT2D eigenvalue weighted by atomic mass is 9.92. The zero-order chi connectivity index (χ0) is 18.8. The van der Waals surface area contributed by atoms with Gasteiger partial charge in [0.15, 0.2) is 0 Å². The van der Waals surface area contributed by atoms with E-state index >= 15 is 0 Å². The van der Waals surface area contributed by atoms with Gasteiger partial charge in [-0.15, -0.1) is 0 Å². The van der Waals surface area contributed by atoms with Crippen LogP contribution in [0.3, 0.4) is 0 Å². The van der Waals surface area contributed by atoms with E-state index in [4.69, 9.17) is 0 Å². The average molecular weight is 357 g/mol. The summed E-state index contributed by atoms with van der Waals surface area (Å²) < 4.78 is 1.59. The van der Waals surface area contributed by atoms with E-state index in [9.17, 15) is 9.90 Å². The Bertz CT molecular complexity index is 1100. The Morgan fingerprint density at radius 3 is 2.52 bits per heavy atom. The van der Waals surface area contributed by atoms with E-state index in [1.54, 1.807) is 24.0 Å². The van der Waals surface area contributed by atoms with Gasteiger partial charge in [-0.05, 0) is 22.4 Å². The minimum absolute atomic E-state index is 0.147. The quantitative estimate of drug-likeness (QED) is 0.584. The standard InChI is InChI=1S/C22H19N3O2/c1-25-14-17(13-23-25)22(27)24-21(16-8-3-2-4-9-16)20-18-10-6-5-7-15(18)11-12-19(20)26/h2-14,21,26H,1H3,(H,24,27)/t21-/m0/s1. The van der Waals surface area contributed by atoms with Crippen molar-refractivity contribution in [3.05, 3.63) is 95.8 Å². The molecule has 0 radical (unpaired) electrons. The number of nitrogens with one attached hydrogen (secondary N) is 1. The molecule has 2 N–H and O–H groups in total. The number of aryl methyl sites for hydroxylation is 1. The number of aromatic nitrogens is 2. The van der Waals surface area contributed by atoms with E-state index in [0.29, 0.717) is 11.1 Å². The van der Waals surface area contributed by atoms with Gasteiger partial charge in [0.25, 0.3) is 5.91 Å². The van der Waals surface area contributed by atoms with Crippen LogP contribution >= 0.6 is 0 Å². The van der Waals surface area contributed by atoms with Gasteiger partial charge in [-0.25, -0.2) is 0 Å². The van der Waals surface area contributed by atoms with Crippen LogP contribution in [0.2, 0.25) is 0 Å². The molecule has 0 aliphatic carbocycles. The van der Waals surface area contributed by atoms with E-state index in [2.05, 4.69) is 10.4 Å². The van der Waals surface area contributed by atoms with Crippen molar-refractivity contribution in [1.29, 1.82) is 0 Å². The van der Waals surface area contributed by atoms with Crippen LogP contribution in [0.4, 0.5) is 0 Å². The minimum atomic E-state index is -0.495. The van der Waals surface area contributed by atoms with Crippen LogP contribution in [0, 0.1) is 0 Å². The number of aromatic hydroxyl groups is 1. The first kappa shape index (κ1) is 16.8. The zero-order valence-corrected chi connectivity index (χ0v) is 14.8. The van der Waals surface area contributed by atoms with Crippen molar-refractivity contribution < 1.29 is 9.90 Å². The Kier molecular flexibility index (Phi) is 4.34. The summed E-state index contributed by atoms with van der Waals surface area (Å²) in [6.07, 6.45) is 3.20. The van der Waals surface area contributed by atoms with Gasteiger partial charge < -0.3 is 10.4 Å². The van der Waals surface area contributed by atoms with E-state index in [1.807, 2.05) is 60.7 Å². The third-order valence-electron chi connectivity index (χ3n) is 4.61. The van der Waals surface area contributed by atoms with Crippen molar-refractivity contribution in [2.75, 3.05) is 0 Å². The summed E-state index contributed by atoms with van der Waals surface area (Å²) in [4.78, 5) is 12.8. The fourth-order valence-corrected chi connectivity index (χ4v) is 3.31. The first-order chi connectivity index (χ1) is 13.1. The molecule has 0 aliphatic rings. The normalized spacial score (nSPS) is 12.0. The maximum atomic E-state index is 12.8. The summed E-state index contributed by atoms with van der Waals surface area (Å²) in [5, 5.41) is 19.7. The average Bonchev–Trinajstić information content (AvgIpc) is 3.14. The highest BCUT2D eigenvalue weighted by atomic mass is 16.3. The second-order valence-electron chi connectivity index (χ2n) is 6.44. The topological polar surface area (TPSA) is 67.2 Å². The van der Waals surface area contributed by atoms with Crippen LogP contribution in [0.15, 0.2) is 79.1 Å². The van der Waals surface area contributed by atoms with E-state index in [1.165, 1.54) is 6.20 Å². The van der Waals surface area contributed by atoms with Crippen LogP contribution in [-0.4, -0.2) is 20.8 Å². The molecular formula is C22H19N3O2. The molecule has 0 bridgehead atoms. The molecule has 0 unspecified atom stereocenters. The molecule has 0 aliphatic heterocycles. The van der Waals surface area contributed by atoms with Gasteiger partial charge >= 0.3 is 0 Å². The Balaban J connectivity index is 1.85. The van der Waals surface area contributed by atoms with Crippen molar-refractivity contribution in [2.24, 2.45) is 7.05 Å². The fourth-order valence-electron chi connectivity index (χ4n) is 3.31. The molecule has 3 aromatic carbocycles. The van der Waals surface area contributed by atoms with Gasteiger partial charge in [-0.2, -0.15) is 5.10 Å². The predicted octanol–water partition coefficient (Wildman–Crippen LogP) is 3.80. The smallest absolute Gasteiger partial charge is 0.255 e. The Hall–Kier alpha value is -3.60. The number of benzene rings is 3. The van der Waals surface area contributed by atoms with Crippen molar-refractivity contribution in [3.8, 4) is 5.75 Å². The van der Waals surface area contributed by atoms with Gasteiger partial charge in [-0.1, -0.05) is 60.7 Å². The zero-order valence-electron chi connectivity index (χ0n) is 14.8. The monoisotopic (exact) mass is 357 g/mol. The number of phenols is 1. The largest absolute Gasteiger partial charge is 0.508 e. The minimum Gasteiger partial charge on any atom is -0.508 e. The maximum Gasteiger partial charge on any atom is 0.255 e. The Morgan fingerprint density at radius 1 is 1.04 bits per heavy atom. The molecule has 0 fully saturated rings. The van der Waals surface area contributed by atoms with Gasteiger partial charge in [0, 0.05) is 18.8 Å². The van der Waals surface area contributed by atoms with E-state index in [-0.39, 0.29) is 11.7 Å². The second-order valence-corrected chi connectivity index (χ2v) is 6.44. The van der Waals surface area contributed by atoms with Crippen LogP contribution in [0.1, 0.15) is 27.5 Å². The molecule has 4 aromatic rings. The molecule has 4 rings (SSSR count). The lowest BCUT2D eigenvalue weighted by molar-refractivity contribution is 0.0943. The summed E-state index contributed by atoms with van der Waals surface area (Å²) in [6.45, 7) is 0. The highest BCUT2D eigenvalue weighted by Gasteiger charge is 2.23. The number of phenolic OH excluding ortho intramolecular Hbond substituents is 1. The number of hydrogen-bond acceptors (Lipinski definition) is 3. The molecule has 5 heteroatoms. The fraction of sp³-hybridized carbons (Fsp3) is 0.0909. The van der Waals surface area contributed by atoms with Crippen LogP contribution in [-0.2, 0) is 7.05 Å². The summed E-state index contributed by atoms with van der Waals surface area (Å²) >= 11 is 0. The van der Waals surface area contributed by atoms with Gasteiger partial charge in [0.2, 0.25) is 0 Å². The van der Waals surface area contributed by atoms with Gasteiger partial charge in [0.05, 0.1) is 17.8 Å². The first-order valence-corrected chi connectivity index (χ1v) is 8.68. The summed E-state index contributed by atoms with van der Waals surface area (Å²) in [7, 11) is 1.77. The van der Waals surface area contributed by atoms with Crippen molar-refractivity contribution in [2.45, 2.75) is 6.04 Å². The van der Waals surface area contributed by atoms with Crippen molar-refractivity contribution in [3.63, 3.8) is 0 Å². The molecule has 0 saturated heterocycles. The predicted molar refractivity (Wildman–Crippen MR) is 105 cm³/mol. The van der Waals surface area contributed by atoms with Crippen LogP contribution in [0.5, 0.6) is 5.75 Å². The van der Waals surface area contributed by atoms with Crippen LogP contribution in [0.25, 0.3) is 10.8 Å². The number of amides is 1. The van der Waals surface area contributed by atoms with E-state index < -0.39 is 6.04 Å². The Morgan fingerprint density at radius 2 is 1.78 bits per heavy atom. The molecule has 1 heterocycles. The molecule has 0 spiro atoms. The van der Waals surface area contributed by atoms with Gasteiger partial charge in [0.1, 0.15) is 5.75 Å². The third-order valence-corrected chi connectivity index (χ3v) is 4.61. The summed E-state index contributed by atoms with van der Waals surface area (Å²) in [5.41, 5.74) is 2.04. The molecule has 1 amide bonds. The summed E-state index contributed by atoms with van der Waals surface area (Å²) in [5.74, 6) is -0.0988. The number of carbonyl (C=O) groups excluding carboxylic acids is 1. The SMILES string of the molecule is Cn1cc(C(=O)N[C@@H](c2ccccc2)c2c(O)ccc3ccccc23)cn1. The lowest BCUT2D eigenvalue weighted by Crippen LogP contribution is -2.29. The first-order valence-electron chi connectivity index (χ1n) is 8.68. The lowest BCUT2D eigenvalue weighted by Gasteiger charge is -2.22. The molecular weight excluding hydrogens is 338 g/mol. The molecule has 0 saturated carbocycles. The number of fused-ring (bicyclic) bond motifs is 1. The molecule has 1 aromatic heterocycles. The number of carbonyl (C=O) groups is 1. The highest BCUT2D eigenvalue weighted by Crippen LogP contribution is 2.35. The molecule has 1 atom stereocenters. The van der Waals surface area contributed by atoms with Crippen molar-refractivity contribution in [1.82, 2.24) is 15.1 Å². The molecule has 134 valence electrons. The Labute approximate surface area is 156 Å². The summed E-state index contributed by atoms with van der Waals surface area (Å²) in [6, 6.07) is 20.5. The number of hydrogen-bond donors (Lipinski definition) is 2. The van der Waals surface area contributed by atoms with Crippen LogP contribution < -0.4 is 5.32 Å². The molecule has 27 heavy (non-hydrogen) atoms. The number of nitrogens with zero attached hydrogens (tertiary/aromatic N) is 2. The maximum absolute atomic E-state index is 12.8. The second kappa shape index (κ2) is 6.96. The third kappa shape index (κ3) is 3.27.